The zero-order chi connectivity index (χ0) is 18.6. The van der Waals surface area contributed by atoms with Crippen LogP contribution in [0.2, 0.25) is 0 Å². The van der Waals surface area contributed by atoms with Crippen LogP contribution < -0.4 is 0 Å². The van der Waals surface area contributed by atoms with Crippen LogP contribution in [-0.2, 0) is 20.7 Å². The summed E-state index contributed by atoms with van der Waals surface area (Å²) < 4.78 is 12.6. The van der Waals surface area contributed by atoms with Gasteiger partial charge in [0.25, 0.3) is 0 Å². The molecule has 5 nitrogen and oxygen atoms in total. The van der Waals surface area contributed by atoms with Gasteiger partial charge in [0.1, 0.15) is 5.70 Å². The molecule has 5 rings (SSSR count). The summed E-state index contributed by atoms with van der Waals surface area (Å²) >= 11 is 0. The number of fused-ring (bicyclic) bond motifs is 3. The summed E-state index contributed by atoms with van der Waals surface area (Å²) in [5, 5.41) is 1.27. The monoisotopic (exact) mass is 366 g/mol. The second kappa shape index (κ2) is 6.21. The molecule has 1 saturated heterocycles. The number of rotatable bonds is 4. The molecule has 0 spiro atoms. The lowest BCUT2D eigenvalue weighted by molar-refractivity contribution is -0.147. The zero-order valence-corrected chi connectivity index (χ0v) is 16.0. The van der Waals surface area contributed by atoms with E-state index in [0.29, 0.717) is 11.7 Å². The number of carbonyl (C=O) groups is 1. The Labute approximate surface area is 159 Å². The first-order chi connectivity index (χ1) is 13.2. The third-order valence-electron chi connectivity index (χ3n) is 6.77. The first-order valence-electron chi connectivity index (χ1n) is 9.96. The van der Waals surface area contributed by atoms with Crippen molar-refractivity contribution < 1.29 is 14.3 Å². The predicted molar refractivity (Wildman–Crippen MR) is 104 cm³/mol. The molecule has 1 aromatic heterocycles. The fourth-order valence-corrected chi connectivity index (χ4v) is 5.62. The Morgan fingerprint density at radius 2 is 2.15 bits per heavy atom. The van der Waals surface area contributed by atoms with Crippen molar-refractivity contribution in [2.24, 2.45) is 5.41 Å². The van der Waals surface area contributed by atoms with Gasteiger partial charge in [-0.1, -0.05) is 25.1 Å². The maximum atomic E-state index is 13.0. The van der Waals surface area contributed by atoms with Crippen molar-refractivity contribution in [2.75, 3.05) is 27.0 Å². The summed E-state index contributed by atoms with van der Waals surface area (Å²) in [4.78, 5) is 15.6. The van der Waals surface area contributed by atoms with Crippen molar-refractivity contribution in [3.63, 3.8) is 0 Å². The Kier molecular flexibility index (Phi) is 3.92. The normalized spacial score (nSPS) is 26.6. The Morgan fingerprint density at radius 1 is 1.30 bits per heavy atom. The summed E-state index contributed by atoms with van der Waals surface area (Å²) in [5.41, 5.74) is 4.50. The SMILES string of the molecule is CCC12C=C(C(=O)OCOC)n3c4c(c5ccccc53)CCN(CCC1)C42. The van der Waals surface area contributed by atoms with E-state index in [1.807, 2.05) is 0 Å². The molecular weight excluding hydrogens is 340 g/mol. The fraction of sp³-hybridized carbons (Fsp3) is 0.500. The second-order valence-corrected chi connectivity index (χ2v) is 7.96. The molecule has 0 saturated carbocycles. The molecule has 27 heavy (non-hydrogen) atoms. The largest absolute Gasteiger partial charge is 0.434 e. The lowest BCUT2D eigenvalue weighted by Gasteiger charge is -2.53. The Bertz CT molecular complexity index is 944. The minimum absolute atomic E-state index is 0.000773. The molecule has 0 radical (unpaired) electrons. The number of benzene rings is 1. The van der Waals surface area contributed by atoms with Crippen molar-refractivity contribution in [2.45, 2.75) is 38.6 Å². The van der Waals surface area contributed by atoms with Gasteiger partial charge in [-0.15, -0.1) is 0 Å². The summed E-state index contributed by atoms with van der Waals surface area (Å²) in [5.74, 6) is -0.297. The topological polar surface area (TPSA) is 43.7 Å². The van der Waals surface area contributed by atoms with Gasteiger partial charge in [-0.3, -0.25) is 4.90 Å². The average molecular weight is 366 g/mol. The summed E-state index contributed by atoms with van der Waals surface area (Å²) in [6.45, 7) is 4.48. The molecule has 2 unspecified atom stereocenters. The van der Waals surface area contributed by atoms with Crippen LogP contribution in [0.15, 0.2) is 30.3 Å². The minimum Gasteiger partial charge on any atom is -0.434 e. The molecule has 2 atom stereocenters. The van der Waals surface area contributed by atoms with Gasteiger partial charge in [-0.25, -0.2) is 4.79 Å². The van der Waals surface area contributed by atoms with Gasteiger partial charge in [0.2, 0.25) is 0 Å². The molecule has 0 aliphatic carbocycles. The number of nitrogens with zero attached hydrogens (tertiary/aromatic N) is 2. The van der Waals surface area contributed by atoms with Crippen LogP contribution in [0.1, 0.15) is 43.5 Å². The maximum absolute atomic E-state index is 13.0. The molecule has 3 aliphatic heterocycles. The summed E-state index contributed by atoms with van der Waals surface area (Å²) in [7, 11) is 1.54. The van der Waals surface area contributed by atoms with E-state index in [0.717, 1.165) is 37.9 Å². The minimum atomic E-state index is -0.297. The molecule has 1 aromatic carbocycles. The summed E-state index contributed by atoms with van der Waals surface area (Å²) in [6, 6.07) is 8.82. The fourth-order valence-electron chi connectivity index (χ4n) is 5.62. The molecule has 3 aliphatic rings. The van der Waals surface area contributed by atoms with Gasteiger partial charge in [-0.05, 0) is 49.9 Å². The van der Waals surface area contributed by atoms with Crippen molar-refractivity contribution in [3.05, 3.63) is 41.6 Å². The van der Waals surface area contributed by atoms with Crippen LogP contribution in [0.4, 0.5) is 0 Å². The number of aromatic nitrogens is 1. The maximum Gasteiger partial charge on any atom is 0.357 e. The van der Waals surface area contributed by atoms with E-state index < -0.39 is 0 Å². The van der Waals surface area contributed by atoms with E-state index in [4.69, 9.17) is 9.47 Å². The smallest absolute Gasteiger partial charge is 0.357 e. The number of hydrogen-bond acceptors (Lipinski definition) is 4. The highest BCUT2D eigenvalue weighted by atomic mass is 16.7. The number of methoxy groups -OCH3 is 1. The molecular formula is C22H26N2O3. The predicted octanol–water partition coefficient (Wildman–Crippen LogP) is 3.73. The van der Waals surface area contributed by atoms with E-state index >= 15 is 0 Å². The molecule has 0 N–H and O–H groups in total. The highest BCUT2D eigenvalue weighted by Gasteiger charge is 2.51. The van der Waals surface area contributed by atoms with Crippen molar-refractivity contribution in [1.82, 2.24) is 9.47 Å². The van der Waals surface area contributed by atoms with Crippen molar-refractivity contribution >= 4 is 22.6 Å². The van der Waals surface area contributed by atoms with Crippen LogP contribution >= 0.6 is 0 Å². The average Bonchev–Trinajstić information content (AvgIpc) is 3.05. The highest BCUT2D eigenvalue weighted by Crippen LogP contribution is 2.57. The lowest BCUT2D eigenvalue weighted by Crippen LogP contribution is -2.51. The Balaban J connectivity index is 1.79. The van der Waals surface area contributed by atoms with E-state index in [2.05, 4.69) is 46.7 Å². The molecule has 4 heterocycles. The first kappa shape index (κ1) is 17.0. The molecule has 1 fully saturated rings. The van der Waals surface area contributed by atoms with Crippen LogP contribution in [0.3, 0.4) is 0 Å². The zero-order valence-electron chi connectivity index (χ0n) is 16.0. The van der Waals surface area contributed by atoms with Crippen molar-refractivity contribution in [3.8, 4) is 0 Å². The molecule has 142 valence electrons. The molecule has 2 aromatic rings. The van der Waals surface area contributed by atoms with E-state index in [1.54, 1.807) is 0 Å². The van der Waals surface area contributed by atoms with Crippen LogP contribution in [0, 0.1) is 5.41 Å². The van der Waals surface area contributed by atoms with E-state index in [1.165, 1.54) is 30.2 Å². The second-order valence-electron chi connectivity index (χ2n) is 7.96. The number of para-hydroxylation sites is 1. The van der Waals surface area contributed by atoms with Gasteiger partial charge in [0.15, 0.2) is 6.79 Å². The van der Waals surface area contributed by atoms with Gasteiger partial charge in [0.05, 0.1) is 11.6 Å². The summed E-state index contributed by atoms with van der Waals surface area (Å²) in [6.07, 6.45) is 6.58. The highest BCUT2D eigenvalue weighted by molar-refractivity contribution is 6.13. The van der Waals surface area contributed by atoms with E-state index in [9.17, 15) is 4.79 Å². The van der Waals surface area contributed by atoms with Gasteiger partial charge >= 0.3 is 5.97 Å². The third-order valence-corrected chi connectivity index (χ3v) is 6.77. The Hall–Kier alpha value is -2.11. The molecule has 0 bridgehead atoms. The van der Waals surface area contributed by atoms with Crippen LogP contribution in [0.5, 0.6) is 0 Å². The van der Waals surface area contributed by atoms with Gasteiger partial charge < -0.3 is 14.0 Å². The lowest BCUT2D eigenvalue weighted by atomic mass is 9.66. The quantitative estimate of drug-likeness (QED) is 0.611. The molecule has 5 heteroatoms. The third kappa shape index (κ3) is 2.28. The number of piperidine rings is 1. The Morgan fingerprint density at radius 3 is 2.96 bits per heavy atom. The van der Waals surface area contributed by atoms with Gasteiger partial charge in [0, 0.05) is 30.1 Å². The number of carbonyl (C=O) groups excluding carboxylic acids is 1. The number of esters is 1. The van der Waals surface area contributed by atoms with Crippen molar-refractivity contribution in [1.29, 1.82) is 0 Å². The van der Waals surface area contributed by atoms with Crippen LogP contribution in [-0.4, -0.2) is 42.4 Å². The van der Waals surface area contributed by atoms with Crippen LogP contribution in [0.25, 0.3) is 16.6 Å². The van der Waals surface area contributed by atoms with E-state index in [-0.39, 0.29) is 18.2 Å². The first-order valence-corrected chi connectivity index (χ1v) is 9.96. The standard InChI is InChI=1S/C22H26N2O3/c1-3-22-10-6-11-23-12-9-16-15-7-4-5-8-17(15)24(19(16)20(22)23)18(13-22)21(25)27-14-26-2/h4-5,7-8,13,20H,3,6,9-12,14H2,1-2H3. The molecule has 0 amide bonds. The number of ether oxygens (including phenoxy) is 2. The number of hydrogen-bond donors (Lipinski definition) is 0. The van der Waals surface area contributed by atoms with Gasteiger partial charge in [-0.2, -0.15) is 0 Å².